The number of rotatable bonds is 4. The summed E-state index contributed by atoms with van der Waals surface area (Å²) in [4.78, 5) is 24.7. The molecule has 0 aliphatic heterocycles. The van der Waals surface area contributed by atoms with Crippen molar-refractivity contribution in [1.29, 1.82) is 0 Å². The first-order chi connectivity index (χ1) is 10.4. The van der Waals surface area contributed by atoms with Crippen LogP contribution in [0.4, 0.5) is 5.69 Å². The maximum Gasteiger partial charge on any atom is 0.335 e. The van der Waals surface area contributed by atoms with Crippen LogP contribution in [-0.2, 0) is 9.59 Å². The van der Waals surface area contributed by atoms with Crippen LogP contribution in [0.3, 0.4) is 0 Å². The molecule has 0 unspecified atom stereocenters. The van der Waals surface area contributed by atoms with Crippen LogP contribution in [0.2, 0.25) is 0 Å². The number of anilines is 1. The molecule has 0 heterocycles. The fourth-order valence-electron chi connectivity index (χ4n) is 2.12. The quantitative estimate of drug-likeness (QED) is 0.493. The second-order valence-corrected chi connectivity index (χ2v) is 4.88. The first-order valence-electron chi connectivity index (χ1n) is 6.69. The average molecular weight is 299 g/mol. The molecule has 0 N–H and O–H groups in total. The Morgan fingerprint density at radius 3 is 2.32 bits per heavy atom. The van der Waals surface area contributed by atoms with Gasteiger partial charge in [-0.25, -0.2) is 4.79 Å². The predicted molar refractivity (Wildman–Crippen MR) is 85.4 cm³/mol. The minimum atomic E-state index is -0.548. The Morgan fingerprint density at radius 1 is 1.14 bits per heavy atom. The number of benzene rings is 2. The molecular formula is C17H17NO4. The van der Waals surface area contributed by atoms with Gasteiger partial charge in [0.25, 0.3) is 0 Å². The zero-order valence-corrected chi connectivity index (χ0v) is 12.8. The molecule has 2 rings (SSSR count). The number of ether oxygens (including phenoxy) is 2. The molecule has 0 aromatic heterocycles. The van der Waals surface area contributed by atoms with Crippen LogP contribution in [0.25, 0.3) is 10.8 Å². The van der Waals surface area contributed by atoms with Crippen LogP contribution in [0.1, 0.15) is 6.92 Å². The number of carbonyl (C=O) groups is 2. The Labute approximate surface area is 128 Å². The van der Waals surface area contributed by atoms with E-state index in [4.69, 9.17) is 9.47 Å². The zero-order chi connectivity index (χ0) is 16.3. The predicted octanol–water partition coefficient (Wildman–Crippen LogP) is 2.92. The fraction of sp³-hybridized carbons (Fsp3) is 0.176. The Bertz CT molecular complexity index is 750. The molecule has 0 fully saturated rings. The van der Waals surface area contributed by atoms with Crippen molar-refractivity contribution in [1.82, 2.24) is 0 Å². The summed E-state index contributed by atoms with van der Waals surface area (Å²) in [6, 6.07) is 8.93. The molecule has 0 amide bonds. The molecule has 5 nitrogen and oxygen atoms in total. The van der Waals surface area contributed by atoms with Gasteiger partial charge in [0, 0.05) is 43.9 Å². The summed E-state index contributed by atoms with van der Waals surface area (Å²) in [5, 5.41) is 1.37. The molecule has 5 heteroatoms. The molecule has 0 aliphatic carbocycles. The Hall–Kier alpha value is -2.82. The second kappa shape index (κ2) is 6.30. The third-order valence-corrected chi connectivity index (χ3v) is 3.04. The number of nitrogens with zero attached hydrogens (tertiary/aromatic N) is 1. The van der Waals surface area contributed by atoms with Crippen LogP contribution < -0.4 is 14.4 Å². The lowest BCUT2D eigenvalue weighted by molar-refractivity contribution is -0.132. The number of esters is 2. The van der Waals surface area contributed by atoms with E-state index in [9.17, 15) is 9.59 Å². The van der Waals surface area contributed by atoms with Gasteiger partial charge in [-0.15, -0.1) is 0 Å². The van der Waals surface area contributed by atoms with E-state index in [1.54, 1.807) is 23.1 Å². The first kappa shape index (κ1) is 15.6. The molecule has 0 spiro atoms. The van der Waals surface area contributed by atoms with E-state index in [0.717, 1.165) is 6.08 Å². The van der Waals surface area contributed by atoms with Gasteiger partial charge in [-0.1, -0.05) is 30.8 Å². The zero-order valence-electron chi connectivity index (χ0n) is 12.8. The summed E-state index contributed by atoms with van der Waals surface area (Å²) in [5.41, 5.74) is 0.630. The fourth-order valence-corrected chi connectivity index (χ4v) is 2.12. The van der Waals surface area contributed by atoms with Crippen molar-refractivity contribution in [2.45, 2.75) is 6.92 Å². The van der Waals surface area contributed by atoms with Crippen molar-refractivity contribution < 1.29 is 19.1 Å². The minimum Gasteiger partial charge on any atom is -0.426 e. The first-order valence-corrected chi connectivity index (χ1v) is 6.69. The van der Waals surface area contributed by atoms with Gasteiger partial charge in [0.1, 0.15) is 5.75 Å². The lowest BCUT2D eigenvalue weighted by Crippen LogP contribution is -2.14. The highest BCUT2D eigenvalue weighted by Gasteiger charge is 2.18. The summed E-state index contributed by atoms with van der Waals surface area (Å²) in [6.07, 6.45) is 1.11. The van der Waals surface area contributed by atoms with Crippen molar-refractivity contribution in [2.75, 3.05) is 19.0 Å². The van der Waals surface area contributed by atoms with E-state index >= 15 is 0 Å². The van der Waals surface area contributed by atoms with Gasteiger partial charge in [0.05, 0.1) is 5.69 Å². The van der Waals surface area contributed by atoms with Gasteiger partial charge in [-0.2, -0.15) is 0 Å². The molecule has 114 valence electrons. The van der Waals surface area contributed by atoms with E-state index in [-0.39, 0.29) is 0 Å². The Balaban J connectivity index is 2.75. The van der Waals surface area contributed by atoms with Crippen LogP contribution in [0.15, 0.2) is 43.0 Å². The Kier molecular flexibility index (Phi) is 4.46. The van der Waals surface area contributed by atoms with Gasteiger partial charge in [-0.3, -0.25) is 4.79 Å². The molecule has 0 radical (unpaired) electrons. The topological polar surface area (TPSA) is 55.8 Å². The molecule has 2 aromatic carbocycles. The lowest BCUT2D eigenvalue weighted by Gasteiger charge is -2.20. The van der Waals surface area contributed by atoms with Crippen LogP contribution in [0, 0.1) is 0 Å². The van der Waals surface area contributed by atoms with E-state index in [1.165, 1.54) is 6.92 Å². The molecule has 2 aromatic rings. The molecule has 0 saturated carbocycles. The summed E-state index contributed by atoms with van der Waals surface area (Å²) >= 11 is 0. The number of fused-ring (bicyclic) bond motifs is 1. The van der Waals surface area contributed by atoms with Crippen molar-refractivity contribution in [3.63, 3.8) is 0 Å². The lowest BCUT2D eigenvalue weighted by atomic mass is 10.1. The van der Waals surface area contributed by atoms with Gasteiger partial charge < -0.3 is 14.4 Å². The van der Waals surface area contributed by atoms with E-state index in [0.29, 0.717) is 28.0 Å². The largest absolute Gasteiger partial charge is 0.426 e. The van der Waals surface area contributed by atoms with Crippen molar-refractivity contribution in [3.8, 4) is 11.5 Å². The Morgan fingerprint density at radius 2 is 1.77 bits per heavy atom. The van der Waals surface area contributed by atoms with E-state index < -0.39 is 11.9 Å². The van der Waals surface area contributed by atoms with Crippen molar-refractivity contribution in [2.24, 2.45) is 0 Å². The van der Waals surface area contributed by atoms with Gasteiger partial charge in [0.2, 0.25) is 0 Å². The maximum atomic E-state index is 11.6. The second-order valence-electron chi connectivity index (χ2n) is 4.88. The summed E-state index contributed by atoms with van der Waals surface area (Å²) in [5.74, 6) is -0.134. The standard InChI is InChI=1S/C17H17NO4/c1-5-16(20)22-17-13-9-7-6-8-12(13)15(21-11(2)19)10-14(17)18(3)4/h5-10H,1H2,2-4H3. The monoisotopic (exact) mass is 299 g/mol. The summed E-state index contributed by atoms with van der Waals surface area (Å²) < 4.78 is 10.7. The SMILES string of the molecule is C=CC(=O)Oc1c(N(C)C)cc(OC(C)=O)c2ccccc12. The van der Waals surface area contributed by atoms with Gasteiger partial charge in [0.15, 0.2) is 5.75 Å². The molecule has 0 bridgehead atoms. The summed E-state index contributed by atoms with van der Waals surface area (Å²) in [7, 11) is 3.62. The third-order valence-electron chi connectivity index (χ3n) is 3.04. The highest BCUT2D eigenvalue weighted by atomic mass is 16.5. The van der Waals surface area contributed by atoms with E-state index in [2.05, 4.69) is 6.58 Å². The molecule has 0 atom stereocenters. The number of hydrogen-bond acceptors (Lipinski definition) is 5. The van der Waals surface area contributed by atoms with Crippen molar-refractivity contribution in [3.05, 3.63) is 43.0 Å². The van der Waals surface area contributed by atoms with Gasteiger partial charge in [-0.05, 0) is 0 Å². The van der Waals surface area contributed by atoms with Crippen molar-refractivity contribution >= 4 is 28.4 Å². The van der Waals surface area contributed by atoms with Crippen LogP contribution in [-0.4, -0.2) is 26.0 Å². The van der Waals surface area contributed by atoms with Crippen LogP contribution >= 0.6 is 0 Å². The minimum absolute atomic E-state index is 0.404. The number of carbonyl (C=O) groups excluding carboxylic acids is 2. The smallest absolute Gasteiger partial charge is 0.335 e. The molecule has 22 heavy (non-hydrogen) atoms. The third kappa shape index (κ3) is 3.09. The highest BCUT2D eigenvalue weighted by molar-refractivity contribution is 6.01. The van der Waals surface area contributed by atoms with Crippen LogP contribution in [0.5, 0.6) is 11.5 Å². The average Bonchev–Trinajstić information content (AvgIpc) is 2.48. The molecule has 0 saturated heterocycles. The summed E-state index contributed by atoms with van der Waals surface area (Å²) in [6.45, 7) is 4.75. The highest BCUT2D eigenvalue weighted by Crippen LogP contribution is 2.41. The maximum absolute atomic E-state index is 11.6. The molecular weight excluding hydrogens is 282 g/mol. The molecule has 0 aliphatic rings. The van der Waals surface area contributed by atoms with Gasteiger partial charge >= 0.3 is 11.9 Å². The van der Waals surface area contributed by atoms with E-state index in [1.807, 2.05) is 26.2 Å². The number of hydrogen-bond donors (Lipinski definition) is 0. The normalized spacial score (nSPS) is 10.1.